The number of fused-ring (bicyclic) bond motifs is 1. The van der Waals surface area contributed by atoms with Gasteiger partial charge in [0.2, 0.25) is 0 Å². The molecular formula is C7H9BO3. The van der Waals surface area contributed by atoms with E-state index in [1.165, 1.54) is 0 Å². The van der Waals surface area contributed by atoms with Gasteiger partial charge in [-0.15, -0.1) is 0 Å². The van der Waals surface area contributed by atoms with Crippen LogP contribution < -0.4 is 0 Å². The van der Waals surface area contributed by atoms with Crippen molar-refractivity contribution < 1.29 is 14.3 Å². The number of hydrogen-bond acceptors (Lipinski definition) is 3. The maximum Gasteiger partial charge on any atom is 0.317 e. The molecule has 2 fully saturated rings. The largest absolute Gasteiger partial charge is 0.393 e. The molecule has 0 bridgehead atoms. The summed E-state index contributed by atoms with van der Waals surface area (Å²) in [7, 11) is 2.07. The molecule has 1 heterocycles. The Morgan fingerprint density at radius 3 is 2.09 bits per heavy atom. The highest BCUT2D eigenvalue weighted by Gasteiger charge is 2.49. The van der Waals surface area contributed by atoms with Crippen LogP contribution in [0.2, 0.25) is 5.82 Å². The predicted octanol–water partition coefficient (Wildman–Crippen LogP) is -0.482. The summed E-state index contributed by atoms with van der Waals surface area (Å²) in [6.07, 6.45) is 1.66. The molecule has 2 aliphatic rings. The number of ether oxygens (including phenoxy) is 1. The van der Waals surface area contributed by atoms with Gasteiger partial charge in [-0.25, -0.2) is 0 Å². The van der Waals surface area contributed by atoms with Gasteiger partial charge in [-0.3, -0.25) is 9.59 Å². The number of esters is 2. The van der Waals surface area contributed by atoms with Crippen LogP contribution in [0.1, 0.15) is 12.8 Å². The van der Waals surface area contributed by atoms with E-state index in [-0.39, 0.29) is 23.8 Å². The summed E-state index contributed by atoms with van der Waals surface area (Å²) < 4.78 is 4.50. The highest BCUT2D eigenvalue weighted by molar-refractivity contribution is 6.13. The number of carbonyl (C=O) groups excluding carboxylic acids is 2. The molecule has 11 heavy (non-hydrogen) atoms. The molecule has 1 saturated carbocycles. The molecule has 0 radical (unpaired) electrons. The molecule has 3 nitrogen and oxygen atoms in total. The molecule has 4 heteroatoms. The van der Waals surface area contributed by atoms with E-state index in [9.17, 15) is 9.59 Å². The van der Waals surface area contributed by atoms with Crippen LogP contribution >= 0.6 is 0 Å². The first-order valence-corrected chi connectivity index (χ1v) is 3.94. The Hall–Kier alpha value is -0.795. The first-order chi connectivity index (χ1) is 5.18. The quantitative estimate of drug-likeness (QED) is 0.267. The Labute approximate surface area is 65.5 Å². The zero-order chi connectivity index (χ0) is 8.01. The molecule has 0 N–H and O–H groups in total. The Morgan fingerprint density at radius 2 is 1.64 bits per heavy atom. The van der Waals surface area contributed by atoms with Crippen molar-refractivity contribution in [2.75, 3.05) is 0 Å². The molecule has 1 saturated heterocycles. The highest BCUT2D eigenvalue weighted by Crippen LogP contribution is 2.43. The topological polar surface area (TPSA) is 43.4 Å². The summed E-state index contributed by atoms with van der Waals surface area (Å²) in [6.45, 7) is 0. The highest BCUT2D eigenvalue weighted by atomic mass is 16.6. The molecule has 0 aromatic carbocycles. The third-order valence-corrected chi connectivity index (χ3v) is 2.60. The second kappa shape index (κ2) is 2.09. The molecule has 1 aliphatic heterocycles. The van der Waals surface area contributed by atoms with Crippen LogP contribution in [-0.2, 0) is 14.3 Å². The average Bonchev–Trinajstić information content (AvgIpc) is 2.38. The van der Waals surface area contributed by atoms with Crippen LogP contribution in [0.25, 0.3) is 0 Å². The molecule has 0 spiro atoms. The van der Waals surface area contributed by atoms with Gasteiger partial charge in [0.15, 0.2) is 0 Å². The van der Waals surface area contributed by atoms with Crippen molar-refractivity contribution in [2.45, 2.75) is 18.7 Å². The number of rotatable bonds is 0. The van der Waals surface area contributed by atoms with E-state index >= 15 is 0 Å². The molecule has 2 atom stereocenters. The fourth-order valence-electron chi connectivity index (χ4n) is 2.06. The van der Waals surface area contributed by atoms with E-state index in [0.717, 1.165) is 12.8 Å². The number of cyclic esters (lactones) is 2. The summed E-state index contributed by atoms with van der Waals surface area (Å²) in [5.41, 5.74) is 0. The van der Waals surface area contributed by atoms with Gasteiger partial charge in [-0.1, -0.05) is 5.82 Å². The van der Waals surface area contributed by atoms with Crippen molar-refractivity contribution >= 4 is 19.8 Å². The van der Waals surface area contributed by atoms with Gasteiger partial charge in [-0.05, 0) is 12.8 Å². The van der Waals surface area contributed by atoms with E-state index < -0.39 is 0 Å². The summed E-state index contributed by atoms with van der Waals surface area (Å²) in [4.78, 5) is 21.9. The molecular weight excluding hydrogens is 143 g/mol. The Morgan fingerprint density at radius 1 is 1.18 bits per heavy atom. The van der Waals surface area contributed by atoms with Crippen LogP contribution in [-0.4, -0.2) is 19.8 Å². The first kappa shape index (κ1) is 6.89. The molecule has 58 valence electrons. The minimum atomic E-state index is -0.302. The minimum absolute atomic E-state index is 0.113. The van der Waals surface area contributed by atoms with Gasteiger partial charge in [0.05, 0.1) is 11.8 Å². The van der Waals surface area contributed by atoms with Crippen LogP contribution in [0.15, 0.2) is 0 Å². The van der Waals surface area contributed by atoms with Crippen molar-refractivity contribution in [1.82, 2.24) is 0 Å². The Balaban J connectivity index is 2.23. The van der Waals surface area contributed by atoms with Gasteiger partial charge in [-0.2, -0.15) is 0 Å². The molecule has 2 rings (SSSR count). The van der Waals surface area contributed by atoms with E-state index in [1.54, 1.807) is 0 Å². The molecule has 0 aromatic rings. The van der Waals surface area contributed by atoms with Crippen molar-refractivity contribution in [2.24, 2.45) is 11.8 Å². The second-order valence-corrected chi connectivity index (χ2v) is 3.53. The monoisotopic (exact) mass is 152 g/mol. The smallest absolute Gasteiger partial charge is 0.317 e. The Kier molecular flexibility index (Phi) is 1.31. The maximum absolute atomic E-state index is 11.0. The number of hydrogen-bond donors (Lipinski definition) is 0. The molecule has 0 amide bonds. The van der Waals surface area contributed by atoms with Crippen molar-refractivity contribution in [3.8, 4) is 0 Å². The normalized spacial score (nSPS) is 42.4. The second-order valence-electron chi connectivity index (χ2n) is 3.53. The van der Waals surface area contributed by atoms with Crippen molar-refractivity contribution in [1.29, 1.82) is 0 Å². The zero-order valence-electron chi connectivity index (χ0n) is 6.37. The fraction of sp³-hybridized carbons (Fsp3) is 0.714. The van der Waals surface area contributed by atoms with E-state index in [2.05, 4.69) is 12.6 Å². The third-order valence-electron chi connectivity index (χ3n) is 2.60. The minimum Gasteiger partial charge on any atom is -0.393 e. The van der Waals surface area contributed by atoms with Crippen LogP contribution in [0.5, 0.6) is 0 Å². The molecule has 0 aromatic heterocycles. The lowest BCUT2D eigenvalue weighted by atomic mass is 9.85. The third kappa shape index (κ3) is 0.887. The van der Waals surface area contributed by atoms with Gasteiger partial charge in [0.1, 0.15) is 7.85 Å². The summed E-state index contributed by atoms with van der Waals surface area (Å²) in [6, 6.07) is 0. The lowest BCUT2D eigenvalue weighted by Crippen LogP contribution is -2.09. The van der Waals surface area contributed by atoms with Gasteiger partial charge in [0.25, 0.3) is 0 Å². The summed E-state index contributed by atoms with van der Waals surface area (Å²) in [5.74, 6) is -0.328. The standard InChI is InChI=1S/C7H9BO3/c8-3-1-4-5(2-3)7(10)11-6(4)9/h3-5H,1-2,8H2. The lowest BCUT2D eigenvalue weighted by molar-refractivity contribution is -0.154. The van der Waals surface area contributed by atoms with Crippen LogP contribution in [0, 0.1) is 11.8 Å². The molecule has 2 unspecified atom stereocenters. The maximum atomic E-state index is 11.0. The van der Waals surface area contributed by atoms with Gasteiger partial charge >= 0.3 is 11.9 Å². The van der Waals surface area contributed by atoms with Gasteiger partial charge in [0, 0.05) is 0 Å². The molecule has 1 aliphatic carbocycles. The van der Waals surface area contributed by atoms with E-state index in [4.69, 9.17) is 0 Å². The van der Waals surface area contributed by atoms with Crippen molar-refractivity contribution in [3.63, 3.8) is 0 Å². The van der Waals surface area contributed by atoms with E-state index in [1.807, 2.05) is 0 Å². The zero-order valence-corrected chi connectivity index (χ0v) is 6.37. The average molecular weight is 152 g/mol. The van der Waals surface area contributed by atoms with Crippen LogP contribution in [0.3, 0.4) is 0 Å². The first-order valence-electron chi connectivity index (χ1n) is 3.94. The SMILES string of the molecule is BC1CC2C(=O)OC(=O)C2C1. The van der Waals surface area contributed by atoms with Crippen LogP contribution in [0.4, 0.5) is 0 Å². The van der Waals surface area contributed by atoms with Crippen molar-refractivity contribution in [3.05, 3.63) is 0 Å². The predicted molar refractivity (Wildman–Crippen MR) is 39.6 cm³/mol. The summed E-state index contributed by atoms with van der Waals surface area (Å²) in [5, 5.41) is 0. The summed E-state index contributed by atoms with van der Waals surface area (Å²) >= 11 is 0. The van der Waals surface area contributed by atoms with Gasteiger partial charge < -0.3 is 4.74 Å². The Bertz CT molecular complexity index is 204. The number of carbonyl (C=O) groups is 2. The van der Waals surface area contributed by atoms with E-state index in [0.29, 0.717) is 5.82 Å². The lowest BCUT2D eigenvalue weighted by Gasteiger charge is -1.99. The fourth-order valence-corrected chi connectivity index (χ4v) is 2.06.